The number of hydrogen-bond donors (Lipinski definition) is 1. The van der Waals surface area contributed by atoms with E-state index in [1.54, 1.807) is 0 Å². The van der Waals surface area contributed by atoms with Gasteiger partial charge in [0.15, 0.2) is 0 Å². The van der Waals surface area contributed by atoms with Gasteiger partial charge in [-0.1, -0.05) is 0 Å². The number of thioether (sulfide) groups is 1. The summed E-state index contributed by atoms with van der Waals surface area (Å²) in [4.78, 5) is 0. The van der Waals surface area contributed by atoms with Crippen LogP contribution in [-0.2, 0) is 0 Å². The van der Waals surface area contributed by atoms with Gasteiger partial charge < -0.3 is 5.32 Å². The predicted octanol–water partition coefficient (Wildman–Crippen LogP) is 1.49. The topological polar surface area (TPSA) is 12.0 Å². The molecule has 0 aromatic rings. The van der Waals surface area contributed by atoms with E-state index in [4.69, 9.17) is 0 Å². The van der Waals surface area contributed by atoms with Gasteiger partial charge in [-0.05, 0) is 30.9 Å². The minimum atomic E-state index is 0.904. The van der Waals surface area contributed by atoms with E-state index in [-0.39, 0.29) is 0 Å². The highest BCUT2D eigenvalue weighted by Gasteiger charge is 2.30. The summed E-state index contributed by atoms with van der Waals surface area (Å²) < 4.78 is 0. The van der Waals surface area contributed by atoms with E-state index in [1.165, 1.54) is 37.3 Å². The lowest BCUT2D eigenvalue weighted by Crippen LogP contribution is -2.45. The van der Waals surface area contributed by atoms with Crippen LogP contribution in [0.3, 0.4) is 0 Å². The van der Waals surface area contributed by atoms with Crippen molar-refractivity contribution in [2.24, 2.45) is 5.92 Å². The maximum absolute atomic E-state index is 3.60. The first-order chi connectivity index (χ1) is 4.97. The first-order valence-corrected chi connectivity index (χ1v) is 5.43. The molecule has 1 aliphatic carbocycles. The molecule has 2 heteroatoms. The standard InChI is InChI=1S/C8H15NS/c1-2-8-7(1)3-5-10-6-4-9-8/h7-9H,1-6H2. The molecule has 0 aromatic carbocycles. The monoisotopic (exact) mass is 157 g/mol. The Morgan fingerprint density at radius 3 is 2.90 bits per heavy atom. The summed E-state index contributed by atoms with van der Waals surface area (Å²) in [6.07, 6.45) is 4.38. The zero-order chi connectivity index (χ0) is 6.81. The molecular formula is C8H15NS. The van der Waals surface area contributed by atoms with Crippen molar-refractivity contribution in [3.8, 4) is 0 Å². The summed E-state index contributed by atoms with van der Waals surface area (Å²) in [7, 11) is 0. The Balaban J connectivity index is 1.83. The highest BCUT2D eigenvalue weighted by Crippen LogP contribution is 2.32. The van der Waals surface area contributed by atoms with E-state index < -0.39 is 0 Å². The number of fused-ring (bicyclic) bond motifs is 1. The van der Waals surface area contributed by atoms with Gasteiger partial charge in [-0.2, -0.15) is 11.8 Å². The van der Waals surface area contributed by atoms with Crippen molar-refractivity contribution in [1.29, 1.82) is 0 Å². The van der Waals surface area contributed by atoms with E-state index in [9.17, 15) is 0 Å². The summed E-state index contributed by atoms with van der Waals surface area (Å²) in [6.45, 7) is 1.24. The van der Waals surface area contributed by atoms with Gasteiger partial charge in [0.1, 0.15) is 0 Å². The molecule has 0 aromatic heterocycles. The third-order valence-electron chi connectivity index (χ3n) is 2.70. The second kappa shape index (κ2) is 3.14. The summed E-state index contributed by atoms with van der Waals surface area (Å²) in [5.41, 5.74) is 0. The minimum absolute atomic E-state index is 0.904. The third-order valence-corrected chi connectivity index (χ3v) is 3.72. The Bertz CT molecular complexity index is 102. The molecule has 1 saturated carbocycles. The highest BCUT2D eigenvalue weighted by molar-refractivity contribution is 7.99. The molecule has 2 unspecified atom stereocenters. The molecule has 2 atom stereocenters. The predicted molar refractivity (Wildman–Crippen MR) is 46.5 cm³/mol. The molecule has 0 bridgehead atoms. The SMILES string of the molecule is C1CSCCC2CCC2N1. The minimum Gasteiger partial charge on any atom is -0.313 e. The quantitative estimate of drug-likeness (QED) is 0.572. The fraction of sp³-hybridized carbons (Fsp3) is 1.00. The molecule has 58 valence electrons. The lowest BCUT2D eigenvalue weighted by Gasteiger charge is -2.38. The van der Waals surface area contributed by atoms with Crippen LogP contribution >= 0.6 is 11.8 Å². The number of hydrogen-bond acceptors (Lipinski definition) is 2. The van der Waals surface area contributed by atoms with E-state index in [2.05, 4.69) is 17.1 Å². The van der Waals surface area contributed by atoms with Crippen molar-refractivity contribution in [2.75, 3.05) is 18.1 Å². The highest BCUT2D eigenvalue weighted by atomic mass is 32.2. The lowest BCUT2D eigenvalue weighted by molar-refractivity contribution is 0.207. The molecule has 0 spiro atoms. The molecule has 1 saturated heterocycles. The summed E-state index contributed by atoms with van der Waals surface area (Å²) in [5.74, 6) is 3.76. The van der Waals surface area contributed by atoms with Gasteiger partial charge in [-0.3, -0.25) is 0 Å². The Labute approximate surface area is 67.0 Å². The molecule has 1 heterocycles. The maximum Gasteiger partial charge on any atom is 0.00960 e. The molecule has 0 amide bonds. The van der Waals surface area contributed by atoms with Crippen molar-refractivity contribution in [2.45, 2.75) is 25.3 Å². The first kappa shape index (κ1) is 6.99. The van der Waals surface area contributed by atoms with E-state index >= 15 is 0 Å². The van der Waals surface area contributed by atoms with Gasteiger partial charge in [-0.25, -0.2) is 0 Å². The summed E-state index contributed by atoms with van der Waals surface area (Å²) in [5, 5.41) is 3.60. The number of nitrogens with one attached hydrogen (secondary N) is 1. The van der Waals surface area contributed by atoms with Crippen LogP contribution in [0.2, 0.25) is 0 Å². The first-order valence-electron chi connectivity index (χ1n) is 4.28. The van der Waals surface area contributed by atoms with Gasteiger partial charge in [0.2, 0.25) is 0 Å². The van der Waals surface area contributed by atoms with E-state index in [1.807, 2.05) is 0 Å². The molecule has 10 heavy (non-hydrogen) atoms. The molecular weight excluding hydrogens is 142 g/mol. The third kappa shape index (κ3) is 1.32. The average Bonchev–Trinajstić information content (AvgIpc) is 1.89. The van der Waals surface area contributed by atoms with Gasteiger partial charge in [0, 0.05) is 18.3 Å². The molecule has 1 N–H and O–H groups in total. The van der Waals surface area contributed by atoms with Crippen molar-refractivity contribution in [1.82, 2.24) is 5.32 Å². The molecule has 2 rings (SSSR count). The molecule has 0 radical (unpaired) electrons. The molecule has 1 nitrogen and oxygen atoms in total. The molecule has 2 fully saturated rings. The fourth-order valence-corrected chi connectivity index (χ4v) is 2.77. The van der Waals surface area contributed by atoms with Crippen molar-refractivity contribution in [3.63, 3.8) is 0 Å². The Kier molecular flexibility index (Phi) is 2.19. The Morgan fingerprint density at radius 2 is 2.10 bits per heavy atom. The van der Waals surface area contributed by atoms with Gasteiger partial charge in [0.25, 0.3) is 0 Å². The van der Waals surface area contributed by atoms with Crippen molar-refractivity contribution in [3.05, 3.63) is 0 Å². The largest absolute Gasteiger partial charge is 0.313 e. The average molecular weight is 157 g/mol. The fourth-order valence-electron chi connectivity index (χ4n) is 1.84. The molecule has 1 aliphatic heterocycles. The Morgan fingerprint density at radius 1 is 1.10 bits per heavy atom. The van der Waals surface area contributed by atoms with E-state index in [0.29, 0.717) is 0 Å². The zero-order valence-electron chi connectivity index (χ0n) is 6.31. The Hall–Kier alpha value is 0.310. The normalized spacial score (nSPS) is 40.8. The van der Waals surface area contributed by atoms with Crippen LogP contribution in [0.1, 0.15) is 19.3 Å². The van der Waals surface area contributed by atoms with Gasteiger partial charge in [0.05, 0.1) is 0 Å². The second-order valence-electron chi connectivity index (χ2n) is 3.30. The molecule has 2 aliphatic rings. The van der Waals surface area contributed by atoms with Crippen LogP contribution in [-0.4, -0.2) is 24.1 Å². The van der Waals surface area contributed by atoms with Crippen LogP contribution in [0.15, 0.2) is 0 Å². The zero-order valence-corrected chi connectivity index (χ0v) is 7.12. The van der Waals surface area contributed by atoms with E-state index in [0.717, 1.165) is 12.0 Å². The number of rotatable bonds is 0. The maximum atomic E-state index is 3.60. The van der Waals surface area contributed by atoms with Crippen LogP contribution in [0.25, 0.3) is 0 Å². The van der Waals surface area contributed by atoms with Gasteiger partial charge >= 0.3 is 0 Å². The lowest BCUT2D eigenvalue weighted by atomic mass is 9.78. The second-order valence-corrected chi connectivity index (χ2v) is 4.52. The summed E-state index contributed by atoms with van der Waals surface area (Å²) >= 11 is 2.11. The van der Waals surface area contributed by atoms with Crippen molar-refractivity contribution < 1.29 is 0 Å². The van der Waals surface area contributed by atoms with Crippen LogP contribution < -0.4 is 5.32 Å². The smallest absolute Gasteiger partial charge is 0.00960 e. The van der Waals surface area contributed by atoms with Crippen LogP contribution in [0, 0.1) is 5.92 Å². The van der Waals surface area contributed by atoms with Crippen LogP contribution in [0.4, 0.5) is 0 Å². The summed E-state index contributed by atoms with van der Waals surface area (Å²) in [6, 6.07) is 0.904. The van der Waals surface area contributed by atoms with Crippen LogP contribution in [0.5, 0.6) is 0 Å². The van der Waals surface area contributed by atoms with Crippen molar-refractivity contribution >= 4 is 11.8 Å². The van der Waals surface area contributed by atoms with Gasteiger partial charge in [-0.15, -0.1) is 0 Å².